The Morgan fingerprint density at radius 2 is 1.68 bits per heavy atom. The van der Waals surface area contributed by atoms with Gasteiger partial charge in [-0.1, -0.05) is 60.7 Å². The Bertz CT molecular complexity index is 1170. The summed E-state index contributed by atoms with van der Waals surface area (Å²) in [5, 5.41) is 8.24. The molecule has 0 saturated carbocycles. The molecule has 5 N–H and O–H groups in total. The third-order valence-electron chi connectivity index (χ3n) is 5.49. The molecule has 0 fully saturated rings. The number of rotatable bonds is 12. The average Bonchev–Trinajstić information content (AvgIpc) is 3.30. The molecule has 0 saturated heterocycles. The third kappa shape index (κ3) is 8.85. The summed E-state index contributed by atoms with van der Waals surface area (Å²) in [5.41, 5.74) is 6.64. The second kappa shape index (κ2) is 12.8. The van der Waals surface area contributed by atoms with Crippen LogP contribution in [-0.2, 0) is 32.3 Å². The molecule has 0 aliphatic rings. The topological polar surface area (TPSA) is 140 Å². The summed E-state index contributed by atoms with van der Waals surface area (Å²) in [6.45, 7) is 5.24. The zero-order chi connectivity index (χ0) is 26.8. The average molecular weight is 507 g/mol. The van der Waals surface area contributed by atoms with Crippen molar-refractivity contribution < 1.29 is 19.1 Å². The van der Waals surface area contributed by atoms with Crippen molar-refractivity contribution in [3.8, 4) is 0 Å². The van der Waals surface area contributed by atoms with Crippen molar-refractivity contribution in [3.05, 3.63) is 84.3 Å². The molecular weight excluding hydrogens is 472 g/mol. The zero-order valence-electron chi connectivity index (χ0n) is 21.3. The fraction of sp³-hybridized carbons (Fsp3) is 0.333. The SMILES string of the molecule is C[C@@H](NC(=O)Cn1cnc(NC(=O)[C@@H](COCc2ccccc2)NC(=O)C(C)(C)N)c1)c1ccccc1. The van der Waals surface area contributed by atoms with Crippen molar-refractivity contribution >= 4 is 23.5 Å². The van der Waals surface area contributed by atoms with Crippen LogP contribution in [0.2, 0.25) is 0 Å². The lowest BCUT2D eigenvalue weighted by Gasteiger charge is -2.23. The lowest BCUT2D eigenvalue weighted by atomic mass is 10.1. The molecule has 0 aliphatic carbocycles. The van der Waals surface area contributed by atoms with E-state index in [1.807, 2.05) is 67.6 Å². The monoisotopic (exact) mass is 506 g/mol. The highest BCUT2D eigenvalue weighted by Gasteiger charge is 2.28. The summed E-state index contributed by atoms with van der Waals surface area (Å²) in [7, 11) is 0. The molecule has 2 aromatic carbocycles. The van der Waals surface area contributed by atoms with Gasteiger partial charge in [-0.15, -0.1) is 0 Å². The van der Waals surface area contributed by atoms with Crippen LogP contribution in [0.25, 0.3) is 0 Å². The fourth-order valence-corrected chi connectivity index (χ4v) is 3.40. The second-order valence-electron chi connectivity index (χ2n) is 9.37. The first-order chi connectivity index (χ1) is 17.6. The van der Waals surface area contributed by atoms with Crippen LogP contribution in [0, 0.1) is 0 Å². The van der Waals surface area contributed by atoms with E-state index in [0.717, 1.165) is 11.1 Å². The first kappa shape index (κ1) is 27.6. The Balaban J connectivity index is 1.57. The van der Waals surface area contributed by atoms with Crippen molar-refractivity contribution in [2.45, 2.75) is 51.5 Å². The maximum absolute atomic E-state index is 13.0. The number of amides is 3. The van der Waals surface area contributed by atoms with Gasteiger partial charge in [0, 0.05) is 6.20 Å². The number of carbonyl (C=O) groups excluding carboxylic acids is 3. The molecule has 1 heterocycles. The van der Waals surface area contributed by atoms with E-state index in [9.17, 15) is 14.4 Å². The number of nitrogens with one attached hydrogen (secondary N) is 3. The van der Waals surface area contributed by atoms with Crippen LogP contribution in [0.15, 0.2) is 73.2 Å². The van der Waals surface area contributed by atoms with Crippen LogP contribution in [0.5, 0.6) is 0 Å². The minimum atomic E-state index is -1.18. The quantitative estimate of drug-likeness (QED) is 0.297. The van der Waals surface area contributed by atoms with Gasteiger partial charge in [-0.05, 0) is 31.9 Å². The molecular formula is C27H34N6O4. The summed E-state index contributed by atoms with van der Waals surface area (Å²) in [6.07, 6.45) is 2.99. The molecule has 10 nitrogen and oxygen atoms in total. The standard InChI is InChI=1S/C27H34N6O4/c1-19(21-12-8-5-9-13-21)30-24(34)15-33-14-23(29-18-33)32-25(35)22(31-26(36)27(2,3)28)17-37-16-20-10-6-4-7-11-20/h4-14,18-19,22H,15-17,28H2,1-3H3,(H,30,34)(H,31,36)(H,32,35)/t19-,22-/m1/s1. The largest absolute Gasteiger partial charge is 0.374 e. The number of nitrogens with zero attached hydrogens (tertiary/aromatic N) is 2. The number of benzene rings is 2. The minimum Gasteiger partial charge on any atom is -0.374 e. The Kier molecular flexibility index (Phi) is 9.53. The Morgan fingerprint density at radius 1 is 1.03 bits per heavy atom. The number of hydrogen-bond donors (Lipinski definition) is 4. The number of hydrogen-bond acceptors (Lipinski definition) is 6. The van der Waals surface area contributed by atoms with Gasteiger partial charge in [0.05, 0.1) is 31.1 Å². The van der Waals surface area contributed by atoms with E-state index >= 15 is 0 Å². The molecule has 37 heavy (non-hydrogen) atoms. The van der Waals surface area contributed by atoms with Gasteiger partial charge in [-0.3, -0.25) is 14.4 Å². The fourth-order valence-electron chi connectivity index (χ4n) is 3.40. The number of ether oxygens (including phenoxy) is 1. The molecule has 0 radical (unpaired) electrons. The summed E-state index contributed by atoms with van der Waals surface area (Å²) in [4.78, 5) is 42.0. The van der Waals surface area contributed by atoms with Gasteiger partial charge >= 0.3 is 0 Å². The maximum atomic E-state index is 13.0. The normalized spacial score (nSPS) is 12.9. The van der Waals surface area contributed by atoms with Crippen LogP contribution in [0.1, 0.15) is 37.9 Å². The van der Waals surface area contributed by atoms with Crippen molar-refractivity contribution in [1.29, 1.82) is 0 Å². The highest BCUT2D eigenvalue weighted by molar-refractivity contribution is 5.98. The first-order valence-electron chi connectivity index (χ1n) is 12.0. The Labute approximate surface area is 216 Å². The van der Waals surface area contributed by atoms with Crippen LogP contribution in [0.4, 0.5) is 5.82 Å². The zero-order valence-corrected chi connectivity index (χ0v) is 21.3. The van der Waals surface area contributed by atoms with Gasteiger partial charge in [0.15, 0.2) is 5.82 Å². The van der Waals surface area contributed by atoms with E-state index in [1.54, 1.807) is 24.6 Å². The number of nitrogens with two attached hydrogens (primary N) is 1. The lowest BCUT2D eigenvalue weighted by molar-refractivity contribution is -0.130. The molecule has 196 valence electrons. The Morgan fingerprint density at radius 3 is 2.32 bits per heavy atom. The van der Waals surface area contributed by atoms with Crippen LogP contribution >= 0.6 is 0 Å². The lowest BCUT2D eigenvalue weighted by Crippen LogP contribution is -2.56. The van der Waals surface area contributed by atoms with Crippen LogP contribution < -0.4 is 21.7 Å². The molecule has 2 atom stereocenters. The smallest absolute Gasteiger partial charge is 0.250 e. The molecule has 0 aliphatic heterocycles. The predicted molar refractivity (Wildman–Crippen MR) is 140 cm³/mol. The first-order valence-corrected chi connectivity index (χ1v) is 12.0. The van der Waals surface area contributed by atoms with Gasteiger partial charge in [0.1, 0.15) is 12.6 Å². The van der Waals surface area contributed by atoms with E-state index in [1.165, 1.54) is 6.33 Å². The Hall–Kier alpha value is -4.02. The number of imidazole rings is 1. The van der Waals surface area contributed by atoms with Gasteiger partial charge < -0.3 is 31.0 Å². The van der Waals surface area contributed by atoms with Crippen molar-refractivity contribution in [2.75, 3.05) is 11.9 Å². The van der Waals surface area contributed by atoms with E-state index < -0.39 is 23.4 Å². The molecule has 1 aromatic heterocycles. The molecule has 3 amide bonds. The highest BCUT2D eigenvalue weighted by Crippen LogP contribution is 2.11. The van der Waals surface area contributed by atoms with Crippen LogP contribution in [0.3, 0.4) is 0 Å². The highest BCUT2D eigenvalue weighted by atomic mass is 16.5. The van der Waals surface area contributed by atoms with E-state index in [-0.39, 0.29) is 37.5 Å². The van der Waals surface area contributed by atoms with Gasteiger partial charge in [-0.2, -0.15) is 0 Å². The maximum Gasteiger partial charge on any atom is 0.250 e. The summed E-state index contributed by atoms with van der Waals surface area (Å²) < 4.78 is 7.25. The third-order valence-corrected chi connectivity index (χ3v) is 5.49. The molecule has 3 aromatic rings. The minimum absolute atomic E-state index is 0.0295. The van der Waals surface area contributed by atoms with Crippen LogP contribution in [-0.4, -0.2) is 45.5 Å². The second-order valence-corrected chi connectivity index (χ2v) is 9.37. The van der Waals surface area contributed by atoms with Gasteiger partial charge in [0.2, 0.25) is 11.8 Å². The molecule has 0 bridgehead atoms. The summed E-state index contributed by atoms with van der Waals surface area (Å²) in [5.74, 6) is -0.969. The van der Waals surface area contributed by atoms with Crippen molar-refractivity contribution in [2.24, 2.45) is 5.73 Å². The van der Waals surface area contributed by atoms with E-state index in [0.29, 0.717) is 0 Å². The van der Waals surface area contributed by atoms with Gasteiger partial charge in [-0.25, -0.2) is 4.98 Å². The molecule has 0 unspecified atom stereocenters. The number of anilines is 1. The van der Waals surface area contributed by atoms with Crippen molar-refractivity contribution in [3.63, 3.8) is 0 Å². The number of aromatic nitrogens is 2. The van der Waals surface area contributed by atoms with E-state index in [4.69, 9.17) is 10.5 Å². The number of carbonyl (C=O) groups is 3. The molecule has 0 spiro atoms. The molecule has 10 heteroatoms. The molecule has 3 rings (SSSR count). The van der Waals surface area contributed by atoms with E-state index in [2.05, 4.69) is 20.9 Å². The summed E-state index contributed by atoms with van der Waals surface area (Å²) >= 11 is 0. The van der Waals surface area contributed by atoms with Gasteiger partial charge in [0.25, 0.3) is 5.91 Å². The predicted octanol–water partition coefficient (Wildman–Crippen LogP) is 2.14. The summed E-state index contributed by atoms with van der Waals surface area (Å²) in [6, 6.07) is 18.0. The van der Waals surface area contributed by atoms with Crippen molar-refractivity contribution in [1.82, 2.24) is 20.2 Å².